The van der Waals surface area contributed by atoms with E-state index >= 15 is 0 Å². The van der Waals surface area contributed by atoms with E-state index < -0.39 is 28.9 Å². The van der Waals surface area contributed by atoms with Crippen LogP contribution in [0, 0.1) is 17.1 Å². The maximum Gasteiger partial charge on any atom is 0.488 e. The molecule has 0 saturated carbocycles. The smallest absolute Gasteiger partial charge is 0.486 e. The minimum atomic E-state index is -3.06. The van der Waals surface area contributed by atoms with Gasteiger partial charge in [-0.25, -0.2) is 12.8 Å². The maximum absolute atomic E-state index is 13.9. The highest BCUT2D eigenvalue weighted by atomic mass is 32.2. The third-order valence-electron chi connectivity index (χ3n) is 3.27. The Morgan fingerprint density at radius 1 is 1.33 bits per heavy atom. The van der Waals surface area contributed by atoms with Crippen molar-refractivity contribution in [1.29, 1.82) is 5.26 Å². The molecule has 1 aromatic carbocycles. The lowest BCUT2D eigenvalue weighted by Gasteiger charge is -2.24. The third-order valence-corrected chi connectivity index (χ3v) is 4.99. The lowest BCUT2D eigenvalue weighted by atomic mass is 9.79. The van der Waals surface area contributed by atoms with Gasteiger partial charge in [0, 0.05) is 0 Å². The number of nitriles is 1. The van der Waals surface area contributed by atoms with E-state index in [-0.39, 0.29) is 41.1 Å². The van der Waals surface area contributed by atoms with Crippen molar-refractivity contribution in [3.63, 3.8) is 0 Å². The van der Waals surface area contributed by atoms with Crippen molar-refractivity contribution in [2.24, 2.45) is 0 Å². The van der Waals surface area contributed by atoms with Crippen molar-refractivity contribution in [2.75, 3.05) is 11.5 Å². The number of rotatable bonds is 3. The van der Waals surface area contributed by atoms with Crippen LogP contribution < -0.4 is 10.2 Å². The van der Waals surface area contributed by atoms with Gasteiger partial charge in [-0.2, -0.15) is 5.26 Å². The van der Waals surface area contributed by atoms with Crippen molar-refractivity contribution in [3.05, 3.63) is 23.5 Å². The predicted molar refractivity (Wildman–Crippen MR) is 73.2 cm³/mol. The standard InChI is InChI=1S/C12H13BFNO5S/c14-11-6-9(13(16)17)5-8(7-15)12(11)20-10-1-3-21(18,19)4-2-10/h5-6,10,16-17H,1-4H2. The molecular weight excluding hydrogens is 300 g/mol. The van der Waals surface area contributed by atoms with Crippen LogP contribution in [0.1, 0.15) is 18.4 Å². The van der Waals surface area contributed by atoms with Crippen LogP contribution in [0.15, 0.2) is 12.1 Å². The summed E-state index contributed by atoms with van der Waals surface area (Å²) in [7, 11) is -4.95. The van der Waals surface area contributed by atoms with Gasteiger partial charge in [0.15, 0.2) is 21.4 Å². The first-order valence-electron chi connectivity index (χ1n) is 6.29. The van der Waals surface area contributed by atoms with Gasteiger partial charge in [0.25, 0.3) is 0 Å². The Morgan fingerprint density at radius 2 is 1.95 bits per heavy atom. The van der Waals surface area contributed by atoms with Crippen molar-refractivity contribution in [2.45, 2.75) is 18.9 Å². The summed E-state index contributed by atoms with van der Waals surface area (Å²) in [5.41, 5.74) is -0.311. The molecule has 1 aliphatic heterocycles. The molecule has 1 fully saturated rings. The van der Waals surface area contributed by atoms with Crippen LogP contribution in [-0.4, -0.2) is 43.2 Å². The first-order valence-corrected chi connectivity index (χ1v) is 8.11. The fourth-order valence-corrected chi connectivity index (χ4v) is 3.57. The number of hydrogen-bond acceptors (Lipinski definition) is 6. The Morgan fingerprint density at radius 3 is 2.48 bits per heavy atom. The summed E-state index contributed by atoms with van der Waals surface area (Å²) in [4.78, 5) is 0. The van der Waals surface area contributed by atoms with Crippen molar-refractivity contribution >= 4 is 22.4 Å². The van der Waals surface area contributed by atoms with E-state index in [0.29, 0.717) is 0 Å². The molecule has 2 rings (SSSR count). The van der Waals surface area contributed by atoms with Crippen LogP contribution in [0.2, 0.25) is 0 Å². The second kappa shape index (κ2) is 6.01. The van der Waals surface area contributed by atoms with E-state index in [1.807, 2.05) is 0 Å². The molecule has 9 heteroatoms. The van der Waals surface area contributed by atoms with Crippen LogP contribution in [-0.2, 0) is 9.84 Å². The highest BCUT2D eigenvalue weighted by molar-refractivity contribution is 7.91. The number of nitrogens with zero attached hydrogens (tertiary/aromatic N) is 1. The molecule has 1 heterocycles. The Hall–Kier alpha value is -1.63. The van der Waals surface area contributed by atoms with Gasteiger partial charge in [-0.3, -0.25) is 0 Å². The summed E-state index contributed by atoms with van der Waals surface area (Å²) < 4.78 is 42.0. The molecule has 2 N–H and O–H groups in total. The second-order valence-electron chi connectivity index (χ2n) is 4.83. The van der Waals surface area contributed by atoms with E-state index in [4.69, 9.17) is 20.0 Å². The second-order valence-corrected chi connectivity index (χ2v) is 7.14. The van der Waals surface area contributed by atoms with Gasteiger partial charge >= 0.3 is 7.12 Å². The number of ether oxygens (including phenoxy) is 1. The number of benzene rings is 1. The zero-order chi connectivity index (χ0) is 15.6. The van der Waals surface area contributed by atoms with Crippen LogP contribution in [0.5, 0.6) is 5.75 Å². The van der Waals surface area contributed by atoms with Crippen LogP contribution >= 0.6 is 0 Å². The zero-order valence-corrected chi connectivity index (χ0v) is 11.8. The maximum atomic E-state index is 13.9. The summed E-state index contributed by atoms with van der Waals surface area (Å²) in [6.07, 6.45) is -0.0198. The van der Waals surface area contributed by atoms with E-state index in [1.54, 1.807) is 6.07 Å². The Kier molecular flexibility index (Phi) is 4.51. The molecule has 1 saturated heterocycles. The summed E-state index contributed by atoms with van der Waals surface area (Å²) in [5, 5.41) is 27.0. The van der Waals surface area contributed by atoms with E-state index in [9.17, 15) is 12.8 Å². The topological polar surface area (TPSA) is 108 Å². The zero-order valence-electron chi connectivity index (χ0n) is 11.0. The SMILES string of the molecule is N#Cc1cc(B(O)O)cc(F)c1OC1CCS(=O)(=O)CC1. The summed E-state index contributed by atoms with van der Waals surface area (Å²) >= 11 is 0. The molecule has 0 aliphatic carbocycles. The Labute approximate surface area is 121 Å². The predicted octanol–water partition coefficient (Wildman–Crippen LogP) is -0.667. The van der Waals surface area contributed by atoms with Crippen LogP contribution in [0.25, 0.3) is 0 Å². The highest BCUT2D eigenvalue weighted by Crippen LogP contribution is 2.26. The van der Waals surface area contributed by atoms with Crippen molar-refractivity contribution < 1.29 is 27.6 Å². The molecule has 0 radical (unpaired) electrons. The van der Waals surface area contributed by atoms with Gasteiger partial charge in [0.2, 0.25) is 0 Å². The van der Waals surface area contributed by atoms with Crippen molar-refractivity contribution in [3.8, 4) is 11.8 Å². The Balaban J connectivity index is 2.23. The molecule has 0 amide bonds. The van der Waals surface area contributed by atoms with Crippen molar-refractivity contribution in [1.82, 2.24) is 0 Å². The number of hydrogen-bond donors (Lipinski definition) is 2. The average Bonchev–Trinajstić information content (AvgIpc) is 2.42. The molecule has 1 aromatic rings. The monoisotopic (exact) mass is 313 g/mol. The Bertz CT molecular complexity index is 672. The molecule has 112 valence electrons. The molecule has 1 aliphatic rings. The summed E-state index contributed by atoms with van der Waals surface area (Å²) in [6.45, 7) is 0. The molecule has 6 nitrogen and oxygen atoms in total. The minimum Gasteiger partial charge on any atom is -0.486 e. The lowest BCUT2D eigenvalue weighted by Crippen LogP contribution is -2.33. The largest absolute Gasteiger partial charge is 0.488 e. The molecule has 21 heavy (non-hydrogen) atoms. The first kappa shape index (κ1) is 15.8. The number of halogens is 1. The van der Waals surface area contributed by atoms with Crippen LogP contribution in [0.4, 0.5) is 4.39 Å². The first-order chi connectivity index (χ1) is 9.82. The van der Waals surface area contributed by atoms with E-state index in [0.717, 1.165) is 12.1 Å². The highest BCUT2D eigenvalue weighted by Gasteiger charge is 2.27. The molecule has 0 spiro atoms. The molecule has 0 aromatic heterocycles. The molecule has 0 unspecified atom stereocenters. The summed E-state index contributed by atoms with van der Waals surface area (Å²) in [5.74, 6) is -1.24. The molecule has 0 bridgehead atoms. The normalized spacial score (nSPS) is 18.0. The quantitative estimate of drug-likeness (QED) is 0.717. The fraction of sp³-hybridized carbons (Fsp3) is 0.417. The average molecular weight is 313 g/mol. The number of sulfone groups is 1. The van der Waals surface area contributed by atoms with Gasteiger partial charge in [-0.1, -0.05) is 0 Å². The van der Waals surface area contributed by atoms with Gasteiger partial charge in [-0.05, 0) is 30.4 Å². The third kappa shape index (κ3) is 3.72. The van der Waals surface area contributed by atoms with E-state index in [2.05, 4.69) is 0 Å². The van der Waals surface area contributed by atoms with E-state index in [1.165, 1.54) is 0 Å². The lowest BCUT2D eigenvalue weighted by molar-refractivity contribution is 0.181. The van der Waals surface area contributed by atoms with Gasteiger partial charge in [0.1, 0.15) is 12.2 Å². The summed E-state index contributed by atoms with van der Waals surface area (Å²) in [6, 6.07) is 3.74. The van der Waals surface area contributed by atoms with Gasteiger partial charge < -0.3 is 14.8 Å². The van der Waals surface area contributed by atoms with Gasteiger partial charge in [0.05, 0.1) is 17.1 Å². The fourth-order valence-electron chi connectivity index (χ4n) is 2.12. The van der Waals surface area contributed by atoms with Crippen LogP contribution in [0.3, 0.4) is 0 Å². The molecular formula is C12H13BFNO5S. The minimum absolute atomic E-state index is 0.0331. The van der Waals surface area contributed by atoms with Gasteiger partial charge in [-0.15, -0.1) is 0 Å². The molecule has 0 atom stereocenters.